The van der Waals surface area contributed by atoms with Gasteiger partial charge in [-0.1, -0.05) is 29.8 Å². The first-order chi connectivity index (χ1) is 11.9. The van der Waals surface area contributed by atoms with E-state index in [0.29, 0.717) is 11.4 Å². The van der Waals surface area contributed by atoms with Gasteiger partial charge in [0.25, 0.3) is 0 Å². The summed E-state index contributed by atoms with van der Waals surface area (Å²) < 4.78 is 11.3. The summed E-state index contributed by atoms with van der Waals surface area (Å²) in [7, 11) is 1.62. The van der Waals surface area contributed by atoms with Crippen LogP contribution < -0.4 is 14.8 Å². The maximum absolute atomic E-state index is 12.5. The highest BCUT2D eigenvalue weighted by atomic mass is 35.5. The average Bonchev–Trinajstić information content (AvgIpc) is 2.55. The van der Waals surface area contributed by atoms with E-state index in [2.05, 4.69) is 5.32 Å². The van der Waals surface area contributed by atoms with Crippen LogP contribution in [0.25, 0.3) is 0 Å². The summed E-state index contributed by atoms with van der Waals surface area (Å²) in [5, 5.41) is 3.73. The van der Waals surface area contributed by atoms with Crippen LogP contribution in [0.2, 0.25) is 5.02 Å². The van der Waals surface area contributed by atoms with Crippen molar-refractivity contribution in [2.75, 3.05) is 7.11 Å². The van der Waals surface area contributed by atoms with Crippen LogP contribution in [0.3, 0.4) is 0 Å². The van der Waals surface area contributed by atoms with Crippen LogP contribution in [0, 0.1) is 0 Å². The van der Waals surface area contributed by atoms with Crippen molar-refractivity contribution in [1.29, 1.82) is 0 Å². The van der Waals surface area contributed by atoms with Crippen molar-refractivity contribution in [1.82, 2.24) is 5.32 Å². The SMILES string of the molecule is COc1ccc2c(c1)OC(C)(C)C[C@@H]2NC(=O)Cc1ccccc1Cl. The van der Waals surface area contributed by atoms with Crippen LogP contribution in [0.15, 0.2) is 42.5 Å². The zero-order chi connectivity index (χ0) is 18.0. The summed E-state index contributed by atoms with van der Waals surface area (Å²) in [6, 6.07) is 13.0. The van der Waals surface area contributed by atoms with E-state index in [1.807, 2.05) is 50.2 Å². The van der Waals surface area contributed by atoms with Crippen molar-refractivity contribution in [2.24, 2.45) is 0 Å². The van der Waals surface area contributed by atoms with Crippen molar-refractivity contribution >= 4 is 17.5 Å². The molecular weight excluding hydrogens is 338 g/mol. The predicted molar refractivity (Wildman–Crippen MR) is 98.4 cm³/mol. The van der Waals surface area contributed by atoms with Gasteiger partial charge in [0, 0.05) is 23.1 Å². The van der Waals surface area contributed by atoms with Crippen molar-refractivity contribution in [3.05, 3.63) is 58.6 Å². The molecule has 0 saturated heterocycles. The highest BCUT2D eigenvalue weighted by molar-refractivity contribution is 6.31. The number of amides is 1. The number of ether oxygens (including phenoxy) is 2. The number of benzene rings is 2. The van der Waals surface area contributed by atoms with Crippen LogP contribution in [0.1, 0.15) is 37.4 Å². The smallest absolute Gasteiger partial charge is 0.224 e. The van der Waals surface area contributed by atoms with Crippen LogP contribution in [-0.4, -0.2) is 18.6 Å². The molecule has 0 bridgehead atoms. The monoisotopic (exact) mass is 359 g/mol. The van der Waals surface area contributed by atoms with E-state index in [9.17, 15) is 4.79 Å². The van der Waals surface area contributed by atoms with Gasteiger partial charge in [0.2, 0.25) is 5.91 Å². The normalized spacial score (nSPS) is 18.0. The second-order valence-electron chi connectivity index (χ2n) is 6.86. The average molecular weight is 360 g/mol. The Hall–Kier alpha value is -2.20. The van der Waals surface area contributed by atoms with E-state index in [4.69, 9.17) is 21.1 Å². The van der Waals surface area contributed by atoms with Gasteiger partial charge in [-0.25, -0.2) is 0 Å². The van der Waals surface area contributed by atoms with Crippen molar-refractivity contribution in [3.63, 3.8) is 0 Å². The molecule has 132 valence electrons. The Bertz CT molecular complexity index is 788. The molecule has 0 radical (unpaired) electrons. The van der Waals surface area contributed by atoms with Gasteiger partial charge in [0.1, 0.15) is 17.1 Å². The van der Waals surface area contributed by atoms with Crippen LogP contribution in [0.5, 0.6) is 11.5 Å². The van der Waals surface area contributed by atoms with Gasteiger partial charge in [-0.3, -0.25) is 4.79 Å². The van der Waals surface area contributed by atoms with Gasteiger partial charge in [-0.2, -0.15) is 0 Å². The standard InChI is InChI=1S/C20H22ClNO3/c1-20(2)12-17(15-9-8-14(24-3)11-18(15)25-20)22-19(23)10-13-6-4-5-7-16(13)21/h4-9,11,17H,10,12H2,1-3H3,(H,22,23)/t17-/m0/s1. The Balaban J connectivity index is 1.80. The fourth-order valence-corrected chi connectivity index (χ4v) is 3.35. The molecule has 0 aliphatic carbocycles. The molecule has 4 nitrogen and oxygen atoms in total. The molecule has 0 unspecified atom stereocenters. The lowest BCUT2D eigenvalue weighted by Crippen LogP contribution is -2.41. The number of carbonyl (C=O) groups excluding carboxylic acids is 1. The van der Waals surface area contributed by atoms with Crippen LogP contribution in [0.4, 0.5) is 0 Å². The minimum atomic E-state index is -0.373. The molecule has 1 N–H and O–H groups in total. The Morgan fingerprint density at radius 1 is 1.32 bits per heavy atom. The molecule has 3 rings (SSSR count). The molecule has 0 spiro atoms. The maximum atomic E-state index is 12.5. The van der Waals surface area contributed by atoms with Crippen LogP contribution >= 0.6 is 11.6 Å². The molecule has 1 aliphatic heterocycles. The Morgan fingerprint density at radius 3 is 2.80 bits per heavy atom. The van der Waals surface area contributed by atoms with Gasteiger partial charge >= 0.3 is 0 Å². The lowest BCUT2D eigenvalue weighted by molar-refractivity contribution is -0.121. The van der Waals surface area contributed by atoms with E-state index in [1.165, 1.54) is 0 Å². The Morgan fingerprint density at radius 2 is 2.08 bits per heavy atom. The van der Waals surface area contributed by atoms with Gasteiger partial charge < -0.3 is 14.8 Å². The zero-order valence-electron chi connectivity index (χ0n) is 14.6. The number of hydrogen-bond donors (Lipinski definition) is 1. The number of methoxy groups -OCH3 is 1. The highest BCUT2D eigenvalue weighted by Crippen LogP contribution is 2.41. The molecule has 1 aliphatic rings. The van der Waals surface area contributed by atoms with E-state index in [0.717, 1.165) is 22.6 Å². The fourth-order valence-electron chi connectivity index (χ4n) is 3.15. The molecule has 0 saturated carbocycles. The van der Waals surface area contributed by atoms with Crippen molar-refractivity contribution in [2.45, 2.75) is 38.3 Å². The van der Waals surface area contributed by atoms with Gasteiger partial charge in [0.05, 0.1) is 19.6 Å². The maximum Gasteiger partial charge on any atom is 0.224 e. The highest BCUT2D eigenvalue weighted by Gasteiger charge is 2.34. The molecule has 1 atom stereocenters. The quantitative estimate of drug-likeness (QED) is 0.884. The van der Waals surface area contributed by atoms with Crippen LogP contribution in [-0.2, 0) is 11.2 Å². The Labute approximate surface area is 153 Å². The summed E-state index contributed by atoms with van der Waals surface area (Å²) in [6.45, 7) is 4.03. The first kappa shape index (κ1) is 17.6. The molecule has 1 heterocycles. The molecule has 1 amide bonds. The van der Waals surface area contributed by atoms with Crippen molar-refractivity contribution in [3.8, 4) is 11.5 Å². The molecular formula is C20H22ClNO3. The minimum Gasteiger partial charge on any atom is -0.497 e. The first-order valence-corrected chi connectivity index (χ1v) is 8.65. The third kappa shape index (κ3) is 4.07. The summed E-state index contributed by atoms with van der Waals surface area (Å²) in [4.78, 5) is 12.5. The minimum absolute atomic E-state index is 0.0578. The number of halogens is 1. The largest absolute Gasteiger partial charge is 0.497 e. The fraction of sp³-hybridized carbons (Fsp3) is 0.350. The van der Waals surface area contributed by atoms with E-state index < -0.39 is 0 Å². The molecule has 2 aromatic carbocycles. The summed E-state index contributed by atoms with van der Waals surface area (Å²) >= 11 is 6.16. The third-order valence-electron chi connectivity index (χ3n) is 4.32. The van der Waals surface area contributed by atoms with Crippen molar-refractivity contribution < 1.29 is 14.3 Å². The molecule has 2 aromatic rings. The van der Waals surface area contributed by atoms with Gasteiger partial charge in [-0.05, 0) is 37.6 Å². The summed E-state index contributed by atoms with van der Waals surface area (Å²) in [6.07, 6.45) is 0.948. The number of nitrogens with one attached hydrogen (secondary N) is 1. The number of hydrogen-bond acceptors (Lipinski definition) is 3. The lowest BCUT2D eigenvalue weighted by Gasteiger charge is -2.38. The lowest BCUT2D eigenvalue weighted by atomic mass is 9.89. The van der Waals surface area contributed by atoms with E-state index in [-0.39, 0.29) is 24.0 Å². The second kappa shape index (κ2) is 6.96. The molecule has 0 fully saturated rings. The molecule has 5 heteroatoms. The zero-order valence-corrected chi connectivity index (χ0v) is 15.4. The summed E-state index contributed by atoms with van der Waals surface area (Å²) in [5.41, 5.74) is 1.41. The summed E-state index contributed by atoms with van der Waals surface area (Å²) in [5.74, 6) is 1.42. The topological polar surface area (TPSA) is 47.6 Å². The second-order valence-corrected chi connectivity index (χ2v) is 7.27. The number of rotatable bonds is 4. The number of carbonyl (C=O) groups is 1. The Kier molecular flexibility index (Phi) is 4.91. The number of fused-ring (bicyclic) bond motifs is 1. The first-order valence-electron chi connectivity index (χ1n) is 8.28. The molecule has 0 aromatic heterocycles. The van der Waals surface area contributed by atoms with Gasteiger partial charge in [0.15, 0.2) is 0 Å². The van der Waals surface area contributed by atoms with E-state index >= 15 is 0 Å². The molecule has 25 heavy (non-hydrogen) atoms. The van der Waals surface area contributed by atoms with E-state index in [1.54, 1.807) is 13.2 Å². The van der Waals surface area contributed by atoms with Gasteiger partial charge in [-0.15, -0.1) is 0 Å². The third-order valence-corrected chi connectivity index (χ3v) is 4.69. The predicted octanol–water partition coefficient (Wildman–Crippen LogP) is 4.31.